The Labute approximate surface area is 420 Å². The minimum Gasteiger partial charge on any atom is -0.468 e. The number of hydrogen-bond donors (Lipinski definition) is 0. The molecule has 0 N–H and O–H groups in total. The van der Waals surface area contributed by atoms with E-state index in [1.807, 2.05) is 27.7 Å². The largest absolute Gasteiger partial charge is 0.468 e. The third-order valence-corrected chi connectivity index (χ3v) is 12.8. The van der Waals surface area contributed by atoms with Crippen LogP contribution in [0.1, 0.15) is 137 Å². The van der Waals surface area contributed by atoms with E-state index in [4.69, 9.17) is 15.4 Å². The van der Waals surface area contributed by atoms with Gasteiger partial charge in [-0.25, -0.2) is 0 Å². The molecule has 7 aromatic carbocycles. The normalized spacial score (nSPS) is 21.0. The highest BCUT2D eigenvalue weighted by atomic mass is 16.3. The maximum atomic E-state index is 10.8. The van der Waals surface area contributed by atoms with E-state index in [1.165, 1.54) is 17.0 Å². The van der Waals surface area contributed by atoms with Crippen molar-refractivity contribution in [1.82, 2.24) is 0 Å². The lowest BCUT2D eigenvalue weighted by molar-refractivity contribution is 0.332. The standard InChI is InChI=1S/C60H60BN3O/c1-57(2,3)39-25-29-43(30-26-39)63-50-38-48-47(59(7,8)33-34-60(48,9)10)37-49(50)61-54-51(63)35-45(62(41-19-13-11-14-20-41)42-21-15-12-16-22-42)36-52(54)64(44-31-27-40(28-32-44)58(4,5)6)55-46-23-17-18-24-53(46)65-56(55)61/h11-32,35-38H,33-34H2,1-10H3/i11D,12D,13D,14D,15D,16D,17D,18D,19D,20D,21D,22D,23D,24D,25D,26D,27D,28D,29D,30D,31D,32D,37D,38D. The first kappa shape index (κ1) is 22.6. The molecule has 11 rings (SSSR count). The quantitative estimate of drug-likeness (QED) is 0.161. The molecule has 0 bridgehead atoms. The summed E-state index contributed by atoms with van der Waals surface area (Å²) in [5, 5.41) is -0.369. The van der Waals surface area contributed by atoms with E-state index in [0.717, 1.165) is 9.80 Å². The second-order valence-electron chi connectivity index (χ2n) is 20.3. The molecule has 5 heteroatoms. The van der Waals surface area contributed by atoms with Crippen molar-refractivity contribution in [3.8, 4) is 0 Å². The Bertz CT molecular complexity index is 4380. The summed E-state index contributed by atoms with van der Waals surface area (Å²) < 4.78 is 236. The molecule has 3 heterocycles. The minimum atomic E-state index is -1.59. The van der Waals surface area contributed by atoms with Crippen LogP contribution in [0.25, 0.3) is 11.0 Å². The van der Waals surface area contributed by atoms with E-state index in [0.29, 0.717) is 24.0 Å². The molecule has 8 aromatic rings. The Balaban J connectivity index is 1.50. The number of para-hydroxylation sites is 3. The van der Waals surface area contributed by atoms with Gasteiger partial charge in [0.25, 0.3) is 6.71 Å². The van der Waals surface area contributed by atoms with Gasteiger partial charge in [-0.15, -0.1) is 0 Å². The van der Waals surface area contributed by atoms with Gasteiger partial charge in [-0.05, 0) is 146 Å². The summed E-state index contributed by atoms with van der Waals surface area (Å²) in [7, 11) is 0. The Kier molecular flexibility index (Phi) is 5.06. The molecule has 0 unspecified atom stereocenters. The monoisotopic (exact) mass is 874 g/mol. The van der Waals surface area contributed by atoms with Crippen LogP contribution in [0.15, 0.2) is 162 Å². The van der Waals surface area contributed by atoms with Gasteiger partial charge < -0.3 is 19.1 Å². The molecule has 2 aliphatic heterocycles. The maximum absolute atomic E-state index is 10.8. The van der Waals surface area contributed by atoms with E-state index >= 15 is 0 Å². The summed E-state index contributed by atoms with van der Waals surface area (Å²) in [6.45, 7) is 16.2. The van der Waals surface area contributed by atoms with Crippen molar-refractivity contribution in [1.29, 1.82) is 0 Å². The van der Waals surface area contributed by atoms with Gasteiger partial charge in [-0.2, -0.15) is 0 Å². The van der Waals surface area contributed by atoms with E-state index in [9.17, 15) is 21.9 Å². The third-order valence-electron chi connectivity index (χ3n) is 12.8. The van der Waals surface area contributed by atoms with Gasteiger partial charge in [0.1, 0.15) is 5.58 Å². The molecule has 0 saturated heterocycles. The first-order valence-corrected chi connectivity index (χ1v) is 21.6. The average molecular weight is 874 g/mol. The smallest absolute Gasteiger partial charge is 0.297 e. The molecule has 0 atom stereocenters. The summed E-state index contributed by atoms with van der Waals surface area (Å²) in [5.41, 5.74) is -8.24. The van der Waals surface area contributed by atoms with Crippen LogP contribution in [0.2, 0.25) is 0 Å². The Morgan fingerprint density at radius 3 is 1.57 bits per heavy atom. The summed E-state index contributed by atoms with van der Waals surface area (Å²) >= 11 is 0. The fraction of sp³-hybridized carbons (Fsp3) is 0.267. The molecule has 1 aromatic heterocycles. The molecular weight excluding hydrogens is 789 g/mol. The Morgan fingerprint density at radius 1 is 0.554 bits per heavy atom. The second kappa shape index (κ2) is 14.5. The molecule has 4 nitrogen and oxygen atoms in total. The fourth-order valence-electron chi connectivity index (χ4n) is 9.20. The lowest BCUT2D eigenvalue weighted by Crippen LogP contribution is -2.61. The molecular formula is C60H60BN3O. The van der Waals surface area contributed by atoms with E-state index < -0.39 is 195 Å². The van der Waals surface area contributed by atoms with Gasteiger partial charge in [0, 0.05) is 45.2 Å². The lowest BCUT2D eigenvalue weighted by atomic mass is 9.35. The number of anilines is 9. The average Bonchev–Trinajstić information content (AvgIpc) is 1.65. The predicted octanol–water partition coefficient (Wildman–Crippen LogP) is 14.9. The highest BCUT2D eigenvalue weighted by molar-refractivity contribution is 7.00. The first-order chi connectivity index (χ1) is 41.0. The number of hydrogen-bond acceptors (Lipinski definition) is 4. The zero-order valence-corrected chi connectivity index (χ0v) is 37.9. The molecule has 0 radical (unpaired) electrons. The van der Waals surface area contributed by atoms with Crippen LogP contribution in [0.4, 0.5) is 51.2 Å². The zero-order chi connectivity index (χ0) is 66.1. The number of furan rings is 1. The van der Waals surface area contributed by atoms with Crippen molar-refractivity contribution >= 4 is 85.5 Å². The van der Waals surface area contributed by atoms with Crippen LogP contribution < -0.4 is 31.3 Å². The van der Waals surface area contributed by atoms with Crippen molar-refractivity contribution in [3.63, 3.8) is 0 Å². The number of nitrogens with zero attached hydrogens (tertiary/aromatic N) is 3. The van der Waals surface area contributed by atoms with Gasteiger partial charge in [0.15, 0.2) is 0 Å². The second-order valence-corrected chi connectivity index (χ2v) is 20.3. The molecule has 0 amide bonds. The number of rotatable bonds is 5. The van der Waals surface area contributed by atoms with E-state index in [1.54, 1.807) is 41.5 Å². The van der Waals surface area contributed by atoms with Crippen molar-refractivity contribution < 1.29 is 37.3 Å². The van der Waals surface area contributed by atoms with Crippen molar-refractivity contribution in [2.24, 2.45) is 0 Å². The zero-order valence-electron chi connectivity index (χ0n) is 61.9. The summed E-state index contributed by atoms with van der Waals surface area (Å²) in [5.74, 6) is 0. The molecule has 1 aliphatic carbocycles. The first-order valence-electron chi connectivity index (χ1n) is 33.6. The van der Waals surface area contributed by atoms with E-state index in [-0.39, 0.29) is 67.9 Å². The van der Waals surface area contributed by atoms with Gasteiger partial charge >= 0.3 is 0 Å². The molecule has 3 aliphatic rings. The van der Waals surface area contributed by atoms with Crippen molar-refractivity contribution in [2.75, 3.05) is 14.7 Å². The number of fused-ring (bicyclic) bond motifs is 7. The summed E-state index contributed by atoms with van der Waals surface area (Å²) in [6.07, 6.45) is 0.993. The lowest BCUT2D eigenvalue weighted by Gasteiger charge is -2.47. The SMILES string of the molecule is [2H]c1c([2H])c([2H])c(N(c2cc3c4c(c2)N(c2c([2H])c([2H])c(C(C)(C)C)c([2H])c2[2H])c2c(oc5c([2H])c([2H])c([2H])c([2H])c25)B4c2c([2H])c4c(c([2H])c2N3c2c([2H])c([2H])c(C(C)(C)C)c([2H])c2[2H])C(C)(C)CCC4(C)C)c2c([2H])c([2H])c([2H])c([2H])c2[2H])c([2H])c1[2H]. The molecule has 0 spiro atoms. The van der Waals surface area contributed by atoms with Crippen LogP contribution in [0.5, 0.6) is 0 Å². The molecule has 0 saturated carbocycles. The van der Waals surface area contributed by atoms with E-state index in [2.05, 4.69) is 0 Å². The van der Waals surface area contributed by atoms with Crippen molar-refractivity contribution in [2.45, 2.75) is 104 Å². The topological polar surface area (TPSA) is 22.9 Å². The fourth-order valence-corrected chi connectivity index (χ4v) is 9.20. The Hall–Kier alpha value is -6.46. The highest BCUT2D eigenvalue weighted by Gasteiger charge is 2.49. The molecule has 0 fully saturated rings. The Morgan fingerprint density at radius 2 is 1.03 bits per heavy atom. The van der Waals surface area contributed by atoms with Gasteiger partial charge in [-0.1, -0.05) is 148 Å². The number of benzene rings is 7. The summed E-state index contributed by atoms with van der Waals surface area (Å²) in [4.78, 5) is 3.20. The van der Waals surface area contributed by atoms with Crippen molar-refractivity contribution in [3.05, 3.63) is 179 Å². The predicted molar refractivity (Wildman–Crippen MR) is 278 cm³/mol. The van der Waals surface area contributed by atoms with Crippen LogP contribution in [-0.4, -0.2) is 6.71 Å². The van der Waals surface area contributed by atoms with Crippen LogP contribution in [0, 0.1) is 0 Å². The van der Waals surface area contributed by atoms with Crippen LogP contribution >= 0.6 is 0 Å². The van der Waals surface area contributed by atoms with Crippen LogP contribution in [0.3, 0.4) is 0 Å². The maximum Gasteiger partial charge on any atom is 0.297 e. The van der Waals surface area contributed by atoms with Crippen LogP contribution in [-0.2, 0) is 21.7 Å². The highest BCUT2D eigenvalue weighted by Crippen LogP contribution is 2.53. The molecule has 324 valence electrons. The van der Waals surface area contributed by atoms with Gasteiger partial charge in [0.2, 0.25) is 0 Å². The third kappa shape index (κ3) is 6.64. The molecule has 65 heavy (non-hydrogen) atoms. The van der Waals surface area contributed by atoms with Gasteiger partial charge in [0.05, 0.1) is 49.9 Å². The minimum absolute atomic E-state index is 0.00337. The van der Waals surface area contributed by atoms with Gasteiger partial charge in [-0.3, -0.25) is 0 Å². The summed E-state index contributed by atoms with van der Waals surface area (Å²) in [6, 6.07) is -15.0.